The molecule has 142 valence electrons. The second kappa shape index (κ2) is 6.57. The third-order valence-corrected chi connectivity index (χ3v) is 5.85. The first-order valence-corrected chi connectivity index (χ1v) is 10.1. The third-order valence-electron chi connectivity index (χ3n) is 5.85. The van der Waals surface area contributed by atoms with Crippen LogP contribution in [0, 0.1) is 0 Å². The lowest BCUT2D eigenvalue weighted by Gasteiger charge is -2.30. The summed E-state index contributed by atoms with van der Waals surface area (Å²) in [5.41, 5.74) is 7.78. The monoisotopic (exact) mass is 379 g/mol. The van der Waals surface area contributed by atoms with Crippen LogP contribution in [0.4, 0.5) is 0 Å². The van der Waals surface area contributed by atoms with Gasteiger partial charge in [0.15, 0.2) is 0 Å². The first kappa shape index (κ1) is 16.5. The van der Waals surface area contributed by atoms with Crippen LogP contribution in [0.1, 0.15) is 12.0 Å². The summed E-state index contributed by atoms with van der Waals surface area (Å²) in [7, 11) is 0. The van der Waals surface area contributed by atoms with Crippen molar-refractivity contribution in [2.75, 3.05) is 13.1 Å². The summed E-state index contributed by atoms with van der Waals surface area (Å²) in [6.45, 7) is 3.47. The summed E-state index contributed by atoms with van der Waals surface area (Å²) in [6, 6.07) is 19.3. The van der Waals surface area contributed by atoms with Crippen LogP contribution >= 0.6 is 0 Å². The van der Waals surface area contributed by atoms with Crippen LogP contribution in [0.5, 0.6) is 0 Å². The molecule has 0 radical (unpaired) electrons. The van der Waals surface area contributed by atoms with Gasteiger partial charge in [-0.2, -0.15) is 5.10 Å². The van der Waals surface area contributed by atoms with E-state index in [-0.39, 0.29) is 0 Å². The summed E-state index contributed by atoms with van der Waals surface area (Å²) in [5.74, 6) is 0. The molecule has 29 heavy (non-hydrogen) atoms. The average Bonchev–Trinajstić information content (AvgIpc) is 3.34. The van der Waals surface area contributed by atoms with Crippen LogP contribution in [-0.2, 0) is 6.54 Å². The highest BCUT2D eigenvalue weighted by atomic mass is 15.2. The normalized spacial score (nSPS) is 14.5. The fourth-order valence-electron chi connectivity index (χ4n) is 4.14. The predicted octanol–water partition coefficient (Wildman–Crippen LogP) is 4.98. The maximum absolute atomic E-state index is 4.61. The highest BCUT2D eigenvalue weighted by molar-refractivity contribution is 5.97. The van der Waals surface area contributed by atoms with E-state index in [0.29, 0.717) is 0 Å². The number of hydrogen-bond acceptors (Lipinski definition) is 3. The van der Waals surface area contributed by atoms with Crippen LogP contribution in [0.25, 0.3) is 44.3 Å². The molecule has 0 bridgehead atoms. The Balaban J connectivity index is 1.41. The summed E-state index contributed by atoms with van der Waals surface area (Å²) >= 11 is 0. The number of hydrogen-bond donors (Lipinski definition) is 2. The van der Waals surface area contributed by atoms with E-state index in [0.717, 1.165) is 45.5 Å². The van der Waals surface area contributed by atoms with Crippen molar-refractivity contribution < 1.29 is 0 Å². The zero-order valence-corrected chi connectivity index (χ0v) is 16.0. The first-order valence-electron chi connectivity index (χ1n) is 10.1. The largest absolute Gasteiger partial charge is 0.353 e. The molecule has 0 amide bonds. The highest BCUT2D eigenvalue weighted by Crippen LogP contribution is 2.32. The van der Waals surface area contributed by atoms with Gasteiger partial charge in [-0.3, -0.25) is 15.0 Å². The number of aromatic nitrogens is 4. The van der Waals surface area contributed by atoms with Gasteiger partial charge < -0.3 is 4.98 Å². The van der Waals surface area contributed by atoms with Crippen molar-refractivity contribution in [1.82, 2.24) is 25.1 Å². The van der Waals surface area contributed by atoms with Crippen LogP contribution in [0.3, 0.4) is 0 Å². The van der Waals surface area contributed by atoms with E-state index < -0.39 is 0 Å². The maximum atomic E-state index is 4.61. The summed E-state index contributed by atoms with van der Waals surface area (Å²) in [5, 5.41) is 10.1. The number of pyridine rings is 1. The lowest BCUT2D eigenvalue weighted by molar-refractivity contribution is 0.172. The Morgan fingerprint density at radius 3 is 2.69 bits per heavy atom. The molecule has 3 aromatic heterocycles. The molecule has 4 heterocycles. The Labute approximate surface area is 168 Å². The minimum Gasteiger partial charge on any atom is -0.353 e. The Morgan fingerprint density at radius 2 is 1.86 bits per heavy atom. The number of fused-ring (bicyclic) bond motifs is 2. The van der Waals surface area contributed by atoms with E-state index in [2.05, 4.69) is 73.6 Å². The minimum atomic E-state index is 0.950. The van der Waals surface area contributed by atoms with Gasteiger partial charge in [0.25, 0.3) is 0 Å². The molecule has 0 unspecified atom stereocenters. The van der Waals surface area contributed by atoms with Gasteiger partial charge in [-0.05, 0) is 67.0 Å². The fourth-order valence-corrected chi connectivity index (χ4v) is 4.14. The van der Waals surface area contributed by atoms with Gasteiger partial charge in [0, 0.05) is 40.8 Å². The van der Waals surface area contributed by atoms with Crippen molar-refractivity contribution in [3.8, 4) is 22.5 Å². The standard InChI is InChI=1S/C24H21N5/c1-3-18(14-25-8-1)17-5-7-22-20(12-17)24(28-27-22)23-13-19-11-16(4-6-21(19)26-23)15-29-9-2-10-29/h1,3-8,11-14,26H,2,9-10,15H2,(H,27,28). The number of rotatable bonds is 4. The second-order valence-corrected chi connectivity index (χ2v) is 7.81. The number of H-pyrrole nitrogens is 2. The van der Waals surface area contributed by atoms with Crippen molar-refractivity contribution in [1.29, 1.82) is 0 Å². The van der Waals surface area contributed by atoms with Crippen molar-refractivity contribution in [3.63, 3.8) is 0 Å². The molecule has 5 nitrogen and oxygen atoms in total. The van der Waals surface area contributed by atoms with Crippen molar-refractivity contribution in [3.05, 3.63) is 72.6 Å². The van der Waals surface area contributed by atoms with Gasteiger partial charge in [0.1, 0.15) is 5.69 Å². The Kier molecular flexibility index (Phi) is 3.74. The van der Waals surface area contributed by atoms with E-state index in [4.69, 9.17) is 0 Å². The summed E-state index contributed by atoms with van der Waals surface area (Å²) in [6.07, 6.45) is 5.01. The van der Waals surface area contributed by atoms with Gasteiger partial charge in [0.05, 0.1) is 11.2 Å². The van der Waals surface area contributed by atoms with Crippen LogP contribution in [0.15, 0.2) is 67.0 Å². The van der Waals surface area contributed by atoms with Gasteiger partial charge in [0.2, 0.25) is 0 Å². The number of likely N-dealkylation sites (tertiary alicyclic amines) is 1. The van der Waals surface area contributed by atoms with Crippen molar-refractivity contribution >= 4 is 21.8 Å². The summed E-state index contributed by atoms with van der Waals surface area (Å²) < 4.78 is 0. The number of nitrogens with one attached hydrogen (secondary N) is 2. The molecule has 2 N–H and O–H groups in total. The van der Waals surface area contributed by atoms with Crippen LogP contribution < -0.4 is 0 Å². The maximum Gasteiger partial charge on any atom is 0.116 e. The average molecular weight is 379 g/mol. The number of nitrogens with zero attached hydrogens (tertiary/aromatic N) is 3. The van der Waals surface area contributed by atoms with Gasteiger partial charge in [-0.25, -0.2) is 0 Å². The molecule has 0 aliphatic carbocycles. The second-order valence-electron chi connectivity index (χ2n) is 7.81. The molecule has 5 aromatic rings. The topological polar surface area (TPSA) is 60.6 Å². The third kappa shape index (κ3) is 2.91. The van der Waals surface area contributed by atoms with Gasteiger partial charge in [-0.15, -0.1) is 0 Å². The lowest BCUT2D eigenvalue weighted by atomic mass is 10.0. The molecule has 1 aliphatic heterocycles. The molecule has 0 atom stereocenters. The molecule has 2 aromatic carbocycles. The zero-order valence-electron chi connectivity index (χ0n) is 16.0. The SMILES string of the molecule is c1cncc(-c2ccc3[nH]nc(-c4cc5cc(CN6CCC6)ccc5[nH]4)c3c2)c1. The summed E-state index contributed by atoms with van der Waals surface area (Å²) in [4.78, 5) is 10.3. The molecule has 0 spiro atoms. The Hall–Kier alpha value is -3.44. The number of aromatic amines is 2. The minimum absolute atomic E-state index is 0.950. The molecular weight excluding hydrogens is 358 g/mol. The van der Waals surface area contributed by atoms with E-state index in [1.54, 1.807) is 6.20 Å². The highest BCUT2D eigenvalue weighted by Gasteiger charge is 2.15. The van der Waals surface area contributed by atoms with Gasteiger partial charge >= 0.3 is 0 Å². The smallest absolute Gasteiger partial charge is 0.116 e. The Morgan fingerprint density at radius 1 is 0.931 bits per heavy atom. The van der Waals surface area contributed by atoms with Crippen molar-refractivity contribution in [2.45, 2.75) is 13.0 Å². The van der Waals surface area contributed by atoms with Crippen molar-refractivity contribution in [2.24, 2.45) is 0 Å². The molecule has 1 saturated heterocycles. The molecular formula is C24H21N5. The molecule has 1 aliphatic rings. The van der Waals surface area contributed by atoms with Crippen LogP contribution in [0.2, 0.25) is 0 Å². The van der Waals surface area contributed by atoms with E-state index >= 15 is 0 Å². The van der Waals surface area contributed by atoms with E-state index in [1.165, 1.54) is 30.5 Å². The first-order chi connectivity index (χ1) is 14.3. The van der Waals surface area contributed by atoms with E-state index in [9.17, 15) is 0 Å². The van der Waals surface area contributed by atoms with Crippen LogP contribution in [-0.4, -0.2) is 38.2 Å². The Bertz CT molecular complexity index is 1310. The van der Waals surface area contributed by atoms with Gasteiger partial charge in [-0.1, -0.05) is 18.2 Å². The molecule has 6 rings (SSSR count). The molecule has 5 heteroatoms. The number of benzene rings is 2. The van der Waals surface area contributed by atoms with E-state index in [1.807, 2.05) is 12.3 Å². The zero-order chi connectivity index (χ0) is 19.2. The molecule has 0 saturated carbocycles. The quantitative estimate of drug-likeness (QED) is 0.463. The fraction of sp³-hybridized carbons (Fsp3) is 0.167. The molecule has 1 fully saturated rings. The lowest BCUT2D eigenvalue weighted by Crippen LogP contribution is -2.36. The predicted molar refractivity (Wildman–Crippen MR) is 117 cm³/mol.